The van der Waals surface area contributed by atoms with Crippen LogP contribution in [0.1, 0.15) is 25.3 Å². The third-order valence-corrected chi connectivity index (χ3v) is 7.89. The normalized spacial score (nSPS) is 14.7. The Morgan fingerprint density at radius 3 is 2.30 bits per heavy atom. The van der Waals surface area contributed by atoms with Gasteiger partial charge >= 0.3 is 0 Å². The fourth-order valence-corrected chi connectivity index (χ4v) is 4.72. The van der Waals surface area contributed by atoms with Crippen LogP contribution in [0.5, 0.6) is 0 Å². The van der Waals surface area contributed by atoms with E-state index < -0.39 is 15.1 Å². The van der Waals surface area contributed by atoms with Gasteiger partial charge in [-0.05, 0) is 43.7 Å². The highest BCUT2D eigenvalue weighted by Gasteiger charge is 2.23. The lowest BCUT2D eigenvalue weighted by atomic mass is 10.1. The zero-order chi connectivity index (χ0) is 23.6. The van der Waals surface area contributed by atoms with Gasteiger partial charge in [-0.1, -0.05) is 17.3 Å². The van der Waals surface area contributed by atoms with Crippen LogP contribution in [0.25, 0.3) is 11.4 Å². The molecule has 174 valence electrons. The van der Waals surface area contributed by atoms with Crippen molar-refractivity contribution in [2.24, 2.45) is 0 Å². The molecule has 0 aliphatic carbocycles. The molecule has 4 rings (SSSR count). The lowest BCUT2D eigenvalue weighted by Gasteiger charge is -2.35. The van der Waals surface area contributed by atoms with Gasteiger partial charge in [0, 0.05) is 44.9 Å². The number of carbonyl (C=O) groups excluding carboxylic acids is 1. The van der Waals surface area contributed by atoms with Gasteiger partial charge in [0.1, 0.15) is 5.82 Å². The number of pyridine rings is 1. The number of rotatable bonds is 6. The van der Waals surface area contributed by atoms with Crippen molar-refractivity contribution in [1.82, 2.24) is 20.0 Å². The van der Waals surface area contributed by atoms with E-state index in [0.717, 1.165) is 16.9 Å². The largest absolute Gasteiger partial charge is 0.353 e. The maximum absolute atomic E-state index is 12.8. The molecule has 0 saturated carbocycles. The van der Waals surface area contributed by atoms with Crippen LogP contribution in [0.3, 0.4) is 0 Å². The highest BCUT2D eigenvalue weighted by molar-refractivity contribution is 7.92. The minimum absolute atomic E-state index is 0.0323. The van der Waals surface area contributed by atoms with Crippen LogP contribution >= 0.6 is 0 Å². The smallest absolute Gasteiger partial charge is 0.227 e. The molecule has 0 radical (unpaired) electrons. The van der Waals surface area contributed by atoms with Crippen LogP contribution in [0.2, 0.25) is 0 Å². The van der Waals surface area contributed by atoms with E-state index in [0.29, 0.717) is 37.9 Å². The van der Waals surface area contributed by atoms with Gasteiger partial charge in [-0.3, -0.25) is 4.79 Å². The van der Waals surface area contributed by atoms with Crippen LogP contribution in [-0.4, -0.2) is 65.8 Å². The predicted octanol–water partition coefficient (Wildman–Crippen LogP) is 2.51. The molecule has 0 unspecified atom stereocenters. The first-order chi connectivity index (χ1) is 15.7. The van der Waals surface area contributed by atoms with E-state index in [1.165, 1.54) is 0 Å². The molecule has 0 bridgehead atoms. The summed E-state index contributed by atoms with van der Waals surface area (Å²) < 4.78 is 29.5. The molecule has 1 aliphatic heterocycles. The van der Waals surface area contributed by atoms with Gasteiger partial charge in [-0.2, -0.15) is 4.98 Å². The zero-order valence-corrected chi connectivity index (χ0v) is 19.7. The van der Waals surface area contributed by atoms with E-state index >= 15 is 0 Å². The fourth-order valence-electron chi connectivity index (χ4n) is 3.66. The quantitative estimate of drug-likeness (QED) is 0.542. The Morgan fingerprint density at radius 2 is 1.76 bits per heavy atom. The lowest BCUT2D eigenvalue weighted by molar-refractivity contribution is -0.130. The van der Waals surface area contributed by atoms with Crippen molar-refractivity contribution in [3.63, 3.8) is 0 Å². The van der Waals surface area contributed by atoms with Crippen LogP contribution < -0.4 is 4.90 Å². The molecule has 3 heterocycles. The van der Waals surface area contributed by atoms with E-state index in [9.17, 15) is 13.2 Å². The van der Waals surface area contributed by atoms with E-state index in [4.69, 9.17) is 4.52 Å². The first-order valence-corrected chi connectivity index (χ1v) is 12.4. The van der Waals surface area contributed by atoms with Gasteiger partial charge in [0.15, 0.2) is 9.84 Å². The van der Waals surface area contributed by atoms with E-state index in [1.807, 2.05) is 17.0 Å². The number of anilines is 1. The molecular weight excluding hydrogens is 442 g/mol. The number of aromatic nitrogens is 3. The molecule has 3 aromatic rings. The zero-order valence-electron chi connectivity index (χ0n) is 18.9. The van der Waals surface area contributed by atoms with Crippen molar-refractivity contribution in [2.45, 2.75) is 37.3 Å². The molecule has 1 amide bonds. The lowest BCUT2D eigenvalue weighted by Crippen LogP contribution is -2.49. The Kier molecular flexibility index (Phi) is 6.46. The average Bonchev–Trinajstić information content (AvgIpc) is 3.26. The maximum atomic E-state index is 12.8. The van der Waals surface area contributed by atoms with Crippen molar-refractivity contribution < 1.29 is 17.7 Å². The number of benzene rings is 1. The monoisotopic (exact) mass is 469 g/mol. The number of hydrogen-bond acceptors (Lipinski definition) is 8. The number of hydrogen-bond donors (Lipinski definition) is 0. The highest BCUT2D eigenvalue weighted by atomic mass is 32.2. The summed E-state index contributed by atoms with van der Waals surface area (Å²) in [6, 6.07) is 10.4. The molecule has 0 atom stereocenters. The van der Waals surface area contributed by atoms with Gasteiger partial charge < -0.3 is 14.3 Å². The topological polar surface area (TPSA) is 110 Å². The molecule has 1 aromatic carbocycles. The van der Waals surface area contributed by atoms with Gasteiger partial charge in [0.2, 0.25) is 17.6 Å². The SMILES string of the molecule is Cc1nc(-c2ccc(N3CCN(C(=O)Cc4ccc(S(=O)(=O)C(C)C)cc4)CC3)nc2)no1. The Labute approximate surface area is 193 Å². The first-order valence-electron chi connectivity index (χ1n) is 10.9. The summed E-state index contributed by atoms with van der Waals surface area (Å²) in [7, 11) is -3.31. The molecule has 0 N–H and O–H groups in total. The van der Waals surface area contributed by atoms with Crippen molar-refractivity contribution in [2.75, 3.05) is 31.1 Å². The number of amides is 1. The van der Waals surface area contributed by atoms with Gasteiger partial charge in [0.25, 0.3) is 0 Å². The van der Waals surface area contributed by atoms with Gasteiger partial charge in [-0.25, -0.2) is 13.4 Å². The summed E-state index contributed by atoms with van der Waals surface area (Å²) >= 11 is 0. The standard InChI is InChI=1S/C23H27N5O4S/c1-16(2)33(30,31)20-7-4-18(5-8-20)14-22(29)28-12-10-27(11-13-28)21-9-6-19(15-24-21)23-25-17(3)32-26-23/h4-9,15-16H,10-14H2,1-3H3. The minimum atomic E-state index is -3.31. The molecule has 33 heavy (non-hydrogen) atoms. The summed E-state index contributed by atoms with van der Waals surface area (Å²) in [5.74, 6) is 1.89. The molecular formula is C23H27N5O4S. The third kappa shape index (κ3) is 5.05. The summed E-state index contributed by atoms with van der Waals surface area (Å²) in [4.78, 5) is 25.7. The van der Waals surface area contributed by atoms with E-state index in [1.54, 1.807) is 51.2 Å². The second-order valence-electron chi connectivity index (χ2n) is 8.32. The van der Waals surface area contributed by atoms with Crippen molar-refractivity contribution in [3.8, 4) is 11.4 Å². The summed E-state index contributed by atoms with van der Waals surface area (Å²) in [6.45, 7) is 7.63. The number of aryl methyl sites for hydroxylation is 1. The highest BCUT2D eigenvalue weighted by Crippen LogP contribution is 2.20. The van der Waals surface area contributed by atoms with Crippen molar-refractivity contribution in [3.05, 3.63) is 54.0 Å². The van der Waals surface area contributed by atoms with Crippen LogP contribution in [-0.2, 0) is 21.1 Å². The van der Waals surface area contributed by atoms with Gasteiger partial charge in [0.05, 0.1) is 16.6 Å². The molecule has 9 nitrogen and oxygen atoms in total. The maximum Gasteiger partial charge on any atom is 0.227 e. The van der Waals surface area contributed by atoms with Crippen LogP contribution in [0, 0.1) is 6.92 Å². The fraction of sp³-hybridized carbons (Fsp3) is 0.391. The second-order valence-corrected chi connectivity index (χ2v) is 10.8. The van der Waals surface area contributed by atoms with Crippen molar-refractivity contribution in [1.29, 1.82) is 0 Å². The Hall–Kier alpha value is -3.27. The molecule has 2 aromatic heterocycles. The third-order valence-electron chi connectivity index (χ3n) is 5.72. The summed E-state index contributed by atoms with van der Waals surface area (Å²) in [5, 5.41) is 3.43. The molecule has 1 aliphatic rings. The van der Waals surface area contributed by atoms with Gasteiger partial charge in [-0.15, -0.1) is 0 Å². The Balaban J connectivity index is 1.32. The predicted molar refractivity (Wildman–Crippen MR) is 124 cm³/mol. The first kappa shape index (κ1) is 22.9. The molecule has 0 spiro atoms. The number of carbonyl (C=O) groups is 1. The van der Waals surface area contributed by atoms with Crippen LogP contribution in [0.15, 0.2) is 52.0 Å². The van der Waals surface area contributed by atoms with E-state index in [-0.39, 0.29) is 17.2 Å². The molecule has 1 fully saturated rings. The number of sulfone groups is 1. The Bertz CT molecular complexity index is 1210. The average molecular weight is 470 g/mol. The van der Waals surface area contributed by atoms with E-state index in [2.05, 4.69) is 20.0 Å². The molecule has 10 heteroatoms. The van der Waals surface area contributed by atoms with Crippen LogP contribution in [0.4, 0.5) is 5.82 Å². The van der Waals surface area contributed by atoms with Crippen molar-refractivity contribution >= 4 is 21.6 Å². The summed E-state index contributed by atoms with van der Waals surface area (Å²) in [6.07, 6.45) is 1.97. The summed E-state index contributed by atoms with van der Waals surface area (Å²) in [5.41, 5.74) is 1.59. The minimum Gasteiger partial charge on any atom is -0.353 e. The second kappa shape index (κ2) is 9.30. The Morgan fingerprint density at radius 1 is 1.06 bits per heavy atom. The number of piperazine rings is 1. The number of nitrogens with zero attached hydrogens (tertiary/aromatic N) is 5. The molecule has 1 saturated heterocycles.